The first kappa shape index (κ1) is 21.0. The van der Waals surface area contributed by atoms with Crippen molar-refractivity contribution < 1.29 is 18.0 Å². The van der Waals surface area contributed by atoms with Gasteiger partial charge in [0.05, 0.1) is 17.8 Å². The Morgan fingerprint density at radius 2 is 1.90 bits per heavy atom. The van der Waals surface area contributed by atoms with Gasteiger partial charge in [-0.1, -0.05) is 19.1 Å². The molecule has 1 aliphatic heterocycles. The van der Waals surface area contributed by atoms with E-state index in [1.807, 2.05) is 25.3 Å². The van der Waals surface area contributed by atoms with Crippen LogP contribution in [0, 0.1) is 0 Å². The fraction of sp³-hybridized carbons (Fsp3) is 0.381. The lowest BCUT2D eigenvalue weighted by Gasteiger charge is -2.39. The predicted molar refractivity (Wildman–Crippen MR) is 107 cm³/mol. The first-order valence-corrected chi connectivity index (χ1v) is 9.95. The summed E-state index contributed by atoms with van der Waals surface area (Å²) in [5.74, 6) is 1.06. The minimum Gasteiger partial charge on any atom is -0.342 e. The average molecular weight is 430 g/mol. The smallest absolute Gasteiger partial charge is 0.342 e. The fourth-order valence-electron chi connectivity index (χ4n) is 3.85. The SMILES string of the molecule is CC[C@@H]1c2nncn2-c2cnc(C(=O)Cc3ccc(C(F)(F)F)cc3)nc2N1C(C)C. The number of aromatic nitrogens is 5. The number of hydrogen-bond acceptors (Lipinski definition) is 6. The lowest BCUT2D eigenvalue weighted by molar-refractivity contribution is -0.137. The molecule has 0 radical (unpaired) electrons. The van der Waals surface area contributed by atoms with Gasteiger partial charge in [0.1, 0.15) is 12.0 Å². The van der Waals surface area contributed by atoms with Gasteiger partial charge in [0.15, 0.2) is 17.5 Å². The van der Waals surface area contributed by atoms with Gasteiger partial charge >= 0.3 is 6.18 Å². The topological polar surface area (TPSA) is 76.8 Å². The van der Waals surface area contributed by atoms with Crippen molar-refractivity contribution in [3.05, 3.63) is 59.6 Å². The fourth-order valence-corrected chi connectivity index (χ4v) is 3.85. The number of halogens is 3. The molecule has 1 atom stereocenters. The minimum atomic E-state index is -4.42. The summed E-state index contributed by atoms with van der Waals surface area (Å²) in [6.45, 7) is 6.11. The third-order valence-corrected chi connectivity index (χ3v) is 5.30. The van der Waals surface area contributed by atoms with E-state index < -0.39 is 11.7 Å². The van der Waals surface area contributed by atoms with E-state index in [0.29, 0.717) is 17.1 Å². The summed E-state index contributed by atoms with van der Waals surface area (Å²) in [5, 5.41) is 8.26. The molecule has 31 heavy (non-hydrogen) atoms. The van der Waals surface area contributed by atoms with Gasteiger partial charge in [0.2, 0.25) is 5.78 Å². The maximum Gasteiger partial charge on any atom is 0.416 e. The first-order valence-electron chi connectivity index (χ1n) is 9.95. The predicted octanol–water partition coefficient (Wildman–Crippen LogP) is 4.18. The van der Waals surface area contributed by atoms with Crippen molar-refractivity contribution in [3.8, 4) is 5.69 Å². The van der Waals surface area contributed by atoms with Crippen LogP contribution in [0.15, 0.2) is 36.8 Å². The second-order valence-corrected chi connectivity index (χ2v) is 7.68. The van der Waals surface area contributed by atoms with E-state index in [1.165, 1.54) is 12.1 Å². The Kier molecular flexibility index (Phi) is 5.24. The lowest BCUT2D eigenvalue weighted by atomic mass is 10.1. The van der Waals surface area contributed by atoms with Crippen LogP contribution in [-0.4, -0.2) is 36.6 Å². The van der Waals surface area contributed by atoms with Gasteiger partial charge in [-0.25, -0.2) is 9.97 Å². The summed E-state index contributed by atoms with van der Waals surface area (Å²) in [7, 11) is 0. The zero-order valence-electron chi connectivity index (χ0n) is 17.3. The van der Waals surface area contributed by atoms with E-state index in [2.05, 4.69) is 25.1 Å². The number of alkyl halides is 3. The summed E-state index contributed by atoms with van der Waals surface area (Å²) >= 11 is 0. The molecule has 0 amide bonds. The van der Waals surface area contributed by atoms with Gasteiger partial charge in [0, 0.05) is 12.5 Å². The number of rotatable bonds is 5. The second-order valence-electron chi connectivity index (χ2n) is 7.68. The monoisotopic (exact) mass is 430 g/mol. The molecule has 0 saturated heterocycles. The molecule has 1 aromatic carbocycles. The molecule has 0 unspecified atom stereocenters. The largest absolute Gasteiger partial charge is 0.416 e. The Morgan fingerprint density at radius 1 is 1.19 bits per heavy atom. The average Bonchev–Trinajstić information content (AvgIpc) is 3.21. The Balaban J connectivity index is 1.66. The normalized spacial score (nSPS) is 15.7. The lowest BCUT2D eigenvalue weighted by Crippen LogP contribution is -2.40. The third kappa shape index (κ3) is 3.77. The number of nitrogens with zero attached hydrogens (tertiary/aromatic N) is 6. The van der Waals surface area contributed by atoms with Crippen LogP contribution < -0.4 is 4.90 Å². The van der Waals surface area contributed by atoms with Crippen LogP contribution in [0.25, 0.3) is 5.69 Å². The van der Waals surface area contributed by atoms with Crippen LogP contribution in [0.4, 0.5) is 19.0 Å². The Morgan fingerprint density at radius 3 is 2.52 bits per heavy atom. The van der Waals surface area contributed by atoms with Crippen molar-refractivity contribution in [1.82, 2.24) is 24.7 Å². The molecule has 0 spiro atoms. The summed E-state index contributed by atoms with van der Waals surface area (Å²) in [5.41, 5.74) is 0.397. The van der Waals surface area contributed by atoms with Crippen LogP contribution in [0.5, 0.6) is 0 Å². The molecule has 10 heteroatoms. The van der Waals surface area contributed by atoms with Gasteiger partial charge in [-0.05, 0) is 38.0 Å². The van der Waals surface area contributed by atoms with Crippen molar-refractivity contribution in [3.63, 3.8) is 0 Å². The maximum atomic E-state index is 12.8. The number of Topliss-reactive ketones (excluding diaryl/α,β-unsaturated/α-hetero) is 1. The molecule has 0 bridgehead atoms. The molecule has 0 aliphatic carbocycles. The van der Waals surface area contributed by atoms with Gasteiger partial charge in [-0.3, -0.25) is 9.36 Å². The van der Waals surface area contributed by atoms with E-state index in [9.17, 15) is 18.0 Å². The number of ketones is 1. The molecular weight excluding hydrogens is 409 g/mol. The summed E-state index contributed by atoms with van der Waals surface area (Å²) in [6.07, 6.45) is -0.567. The molecule has 3 aromatic rings. The molecule has 162 valence electrons. The maximum absolute atomic E-state index is 12.8. The number of fused-ring (bicyclic) bond motifs is 3. The minimum absolute atomic E-state index is 0.0238. The highest BCUT2D eigenvalue weighted by molar-refractivity contribution is 5.94. The Bertz CT molecular complexity index is 1110. The zero-order valence-corrected chi connectivity index (χ0v) is 17.3. The molecule has 4 rings (SSSR count). The van der Waals surface area contributed by atoms with Gasteiger partial charge in [-0.2, -0.15) is 13.2 Å². The highest BCUT2D eigenvalue weighted by atomic mass is 19.4. The molecule has 0 fully saturated rings. The van der Waals surface area contributed by atoms with Crippen molar-refractivity contribution in [1.29, 1.82) is 0 Å². The van der Waals surface area contributed by atoms with Crippen LogP contribution in [-0.2, 0) is 12.6 Å². The summed E-state index contributed by atoms with van der Waals surface area (Å²) in [6, 6.07) is 4.57. The highest BCUT2D eigenvalue weighted by Gasteiger charge is 2.35. The van der Waals surface area contributed by atoms with Crippen molar-refractivity contribution in [2.75, 3.05) is 4.90 Å². The molecule has 2 aromatic heterocycles. The van der Waals surface area contributed by atoms with E-state index in [0.717, 1.165) is 24.4 Å². The second kappa shape index (κ2) is 7.75. The molecule has 7 nitrogen and oxygen atoms in total. The number of hydrogen-bond donors (Lipinski definition) is 0. The van der Waals surface area contributed by atoms with Gasteiger partial charge < -0.3 is 4.90 Å². The van der Waals surface area contributed by atoms with Gasteiger partial charge in [0.25, 0.3) is 0 Å². The number of anilines is 1. The first-order chi connectivity index (χ1) is 14.7. The number of benzene rings is 1. The Labute approximate surface area is 177 Å². The zero-order chi connectivity index (χ0) is 22.3. The highest BCUT2D eigenvalue weighted by Crippen LogP contribution is 2.39. The van der Waals surface area contributed by atoms with Crippen LogP contribution in [0.3, 0.4) is 0 Å². The van der Waals surface area contributed by atoms with E-state index in [1.54, 1.807) is 12.5 Å². The quantitative estimate of drug-likeness (QED) is 0.565. The van der Waals surface area contributed by atoms with Gasteiger partial charge in [-0.15, -0.1) is 10.2 Å². The standard InChI is InChI=1S/C21H21F3N6O/c1-4-15-20-28-26-11-29(20)16-10-25-18(27-19(16)30(15)12(2)3)17(31)9-13-5-7-14(8-6-13)21(22,23)24/h5-8,10-12,15H,4,9H2,1-3H3/t15-/m1/s1. The van der Waals surface area contributed by atoms with Crippen LogP contribution in [0.2, 0.25) is 0 Å². The summed E-state index contributed by atoms with van der Waals surface area (Å²) < 4.78 is 40.1. The third-order valence-electron chi connectivity index (χ3n) is 5.30. The molecule has 1 aliphatic rings. The van der Waals surface area contributed by atoms with E-state index in [4.69, 9.17) is 0 Å². The van der Waals surface area contributed by atoms with E-state index in [-0.39, 0.29) is 30.1 Å². The molecule has 0 saturated carbocycles. The summed E-state index contributed by atoms with van der Waals surface area (Å²) in [4.78, 5) is 23.7. The number of carbonyl (C=O) groups excluding carboxylic acids is 1. The van der Waals surface area contributed by atoms with Crippen molar-refractivity contribution in [2.45, 2.75) is 51.9 Å². The Hall–Kier alpha value is -3.30. The van der Waals surface area contributed by atoms with Crippen LogP contribution in [0.1, 0.15) is 60.8 Å². The molecule has 3 heterocycles. The van der Waals surface area contributed by atoms with Crippen LogP contribution >= 0.6 is 0 Å². The molecule has 0 N–H and O–H groups in total. The van der Waals surface area contributed by atoms with Crippen molar-refractivity contribution >= 4 is 11.6 Å². The molecular formula is C21H21F3N6O. The van der Waals surface area contributed by atoms with Crippen molar-refractivity contribution in [2.24, 2.45) is 0 Å². The number of carbonyl (C=O) groups is 1. The van der Waals surface area contributed by atoms with E-state index >= 15 is 0 Å².